The second kappa shape index (κ2) is 14.6. The molecule has 326 valence electrons. The summed E-state index contributed by atoms with van der Waals surface area (Å²) in [4.78, 5) is 0. The molecule has 8 aromatic carbocycles. The molecular weight excluding hydrogens is 793 g/mol. The molecule has 0 unspecified atom stereocenters. The van der Waals surface area contributed by atoms with Gasteiger partial charge in [0.05, 0.1) is 0 Å². The summed E-state index contributed by atoms with van der Waals surface area (Å²) in [5.74, 6) is 0. The molecule has 0 atom stereocenters. The summed E-state index contributed by atoms with van der Waals surface area (Å²) >= 11 is 0. The molecule has 0 saturated heterocycles. The molecular formula is C66H62. The summed E-state index contributed by atoms with van der Waals surface area (Å²) in [6, 6.07) is 62.2. The topological polar surface area (TPSA) is 0 Å². The molecule has 0 aliphatic heterocycles. The zero-order chi connectivity index (χ0) is 45.3. The van der Waals surface area contributed by atoms with Crippen LogP contribution >= 0.6 is 0 Å². The molecule has 0 amide bonds. The van der Waals surface area contributed by atoms with Crippen molar-refractivity contribution in [1.82, 2.24) is 0 Å². The van der Waals surface area contributed by atoms with Crippen LogP contribution in [0.15, 0.2) is 158 Å². The maximum absolute atomic E-state index is 2.57. The standard InChI is InChI=1S/C66H62/c1-9-64(10-2)56-22-18-16-20-48(56)50-30-24-43(36-58(50)64)44-26-32-53-54-34-28-46(40-62(54)66(13-5,14-6)60(53)38-44)45-27-33-52-51-31-25-42(37-59(51)65(11-3,12-4)61(52)39-45)41-23-29-49-47-19-15-17-21-55(47)63(7,8)57(49)35-41/h15-40H,9-14H2,1-8H3. The van der Waals surface area contributed by atoms with Gasteiger partial charge >= 0.3 is 0 Å². The second-order valence-electron chi connectivity index (χ2n) is 20.6. The van der Waals surface area contributed by atoms with Crippen LogP contribution in [0.5, 0.6) is 0 Å². The van der Waals surface area contributed by atoms with Gasteiger partial charge in [0, 0.05) is 21.7 Å². The van der Waals surface area contributed by atoms with E-state index >= 15 is 0 Å². The van der Waals surface area contributed by atoms with Crippen LogP contribution in [-0.2, 0) is 21.7 Å². The number of fused-ring (bicyclic) bond motifs is 12. The molecule has 0 aromatic heterocycles. The summed E-state index contributed by atoms with van der Waals surface area (Å²) < 4.78 is 0. The molecule has 0 heterocycles. The first-order chi connectivity index (χ1) is 32.1. The Morgan fingerprint density at radius 3 is 0.788 bits per heavy atom. The molecule has 0 spiro atoms. The van der Waals surface area contributed by atoms with Crippen molar-refractivity contribution in [3.05, 3.63) is 202 Å². The highest BCUT2D eigenvalue weighted by Gasteiger charge is 2.44. The SMILES string of the molecule is CCC1(CC)c2ccccc2-c2ccc(-c3ccc4c(c3)C(CC)(CC)c3cc(-c5ccc6c(c5)C(CC)(CC)c5cc(-c7ccc8c(c7)C(C)(C)c7ccccc7-8)ccc5-6)ccc3-4)cc21. The number of benzene rings is 8. The highest BCUT2D eigenvalue weighted by atomic mass is 14.5. The Hall–Kier alpha value is -6.24. The fourth-order valence-corrected chi connectivity index (χ4v) is 14.3. The predicted octanol–water partition coefficient (Wildman–Crippen LogP) is 18.3. The highest BCUT2D eigenvalue weighted by molar-refractivity contribution is 5.91. The van der Waals surface area contributed by atoms with Crippen LogP contribution < -0.4 is 0 Å². The van der Waals surface area contributed by atoms with Gasteiger partial charge < -0.3 is 0 Å². The Kier molecular flexibility index (Phi) is 9.13. The molecule has 0 nitrogen and oxygen atoms in total. The first-order valence-electron chi connectivity index (χ1n) is 25.2. The van der Waals surface area contributed by atoms with Gasteiger partial charge in [-0.15, -0.1) is 0 Å². The lowest BCUT2D eigenvalue weighted by atomic mass is 9.72. The van der Waals surface area contributed by atoms with E-state index in [0.29, 0.717) is 0 Å². The van der Waals surface area contributed by atoms with Gasteiger partial charge in [-0.25, -0.2) is 0 Å². The minimum atomic E-state index is -0.0459. The normalized spacial score (nSPS) is 16.4. The van der Waals surface area contributed by atoms with Gasteiger partial charge in [0.1, 0.15) is 0 Å². The van der Waals surface area contributed by atoms with Crippen LogP contribution in [0.3, 0.4) is 0 Å². The Morgan fingerprint density at radius 1 is 0.242 bits per heavy atom. The maximum Gasteiger partial charge on any atom is 0.0210 e. The van der Waals surface area contributed by atoms with Gasteiger partial charge in [0.2, 0.25) is 0 Å². The summed E-state index contributed by atoms with van der Waals surface area (Å²) in [6.07, 6.45) is 6.47. The first-order valence-corrected chi connectivity index (χ1v) is 25.2. The third kappa shape index (κ3) is 5.28. The van der Waals surface area contributed by atoms with Gasteiger partial charge in [0.25, 0.3) is 0 Å². The van der Waals surface area contributed by atoms with Gasteiger partial charge in [-0.1, -0.05) is 177 Å². The minimum absolute atomic E-state index is 0.0213. The van der Waals surface area contributed by atoms with Crippen LogP contribution in [-0.4, -0.2) is 0 Å². The van der Waals surface area contributed by atoms with Crippen molar-refractivity contribution >= 4 is 0 Å². The third-order valence-electron chi connectivity index (χ3n) is 18.2. The predicted molar refractivity (Wildman–Crippen MR) is 281 cm³/mol. The van der Waals surface area contributed by atoms with Crippen LogP contribution in [0, 0.1) is 0 Å². The molecule has 0 fully saturated rings. The summed E-state index contributed by atoms with van der Waals surface area (Å²) in [6.45, 7) is 19.1. The zero-order valence-corrected chi connectivity index (χ0v) is 40.3. The van der Waals surface area contributed by atoms with Crippen molar-refractivity contribution in [2.24, 2.45) is 0 Å². The van der Waals surface area contributed by atoms with E-state index in [-0.39, 0.29) is 21.7 Å². The van der Waals surface area contributed by atoms with Crippen molar-refractivity contribution in [2.75, 3.05) is 0 Å². The first kappa shape index (κ1) is 41.2. The molecule has 0 saturated carbocycles. The number of hydrogen-bond acceptors (Lipinski definition) is 0. The highest BCUT2D eigenvalue weighted by Crippen LogP contribution is 2.58. The van der Waals surface area contributed by atoms with E-state index in [2.05, 4.69) is 213 Å². The maximum atomic E-state index is 2.57. The molecule has 0 N–H and O–H groups in total. The zero-order valence-electron chi connectivity index (χ0n) is 40.3. The molecule has 12 rings (SSSR count). The van der Waals surface area contributed by atoms with Crippen LogP contribution in [0.2, 0.25) is 0 Å². The van der Waals surface area contributed by atoms with Gasteiger partial charge in [-0.05, 0) is 197 Å². The Labute approximate surface area is 393 Å². The monoisotopic (exact) mass is 854 g/mol. The lowest BCUT2D eigenvalue weighted by Crippen LogP contribution is -2.23. The average molecular weight is 855 g/mol. The smallest absolute Gasteiger partial charge is 0.0210 e. The largest absolute Gasteiger partial charge is 0.0642 e. The van der Waals surface area contributed by atoms with Crippen molar-refractivity contribution in [3.63, 3.8) is 0 Å². The van der Waals surface area contributed by atoms with Crippen molar-refractivity contribution in [2.45, 2.75) is 116 Å². The van der Waals surface area contributed by atoms with Crippen LogP contribution in [0.4, 0.5) is 0 Å². The lowest BCUT2D eigenvalue weighted by molar-refractivity contribution is 0.490. The van der Waals surface area contributed by atoms with Crippen LogP contribution in [0.1, 0.15) is 138 Å². The van der Waals surface area contributed by atoms with E-state index in [0.717, 1.165) is 38.5 Å². The molecule has 4 aliphatic rings. The lowest BCUT2D eigenvalue weighted by Gasteiger charge is -2.31. The molecule has 0 radical (unpaired) electrons. The number of rotatable bonds is 9. The van der Waals surface area contributed by atoms with Gasteiger partial charge in [0.15, 0.2) is 0 Å². The fraction of sp³-hybridized carbons (Fsp3) is 0.273. The molecule has 8 aromatic rings. The molecule has 0 bridgehead atoms. The van der Waals surface area contributed by atoms with E-state index in [1.54, 1.807) is 0 Å². The molecule has 66 heavy (non-hydrogen) atoms. The van der Waals surface area contributed by atoms with Gasteiger partial charge in [-0.2, -0.15) is 0 Å². The van der Waals surface area contributed by atoms with Crippen molar-refractivity contribution in [3.8, 4) is 77.9 Å². The van der Waals surface area contributed by atoms with Gasteiger partial charge in [-0.3, -0.25) is 0 Å². The summed E-state index contributed by atoms with van der Waals surface area (Å²) in [5, 5.41) is 0. The molecule has 4 aliphatic carbocycles. The fourth-order valence-electron chi connectivity index (χ4n) is 14.3. The minimum Gasteiger partial charge on any atom is -0.0642 e. The van der Waals surface area contributed by atoms with E-state index in [1.165, 1.54) is 122 Å². The average Bonchev–Trinajstić information content (AvgIpc) is 4.00. The third-order valence-corrected chi connectivity index (χ3v) is 18.2. The van der Waals surface area contributed by atoms with E-state index in [9.17, 15) is 0 Å². The Morgan fingerprint density at radius 2 is 0.470 bits per heavy atom. The number of hydrogen-bond donors (Lipinski definition) is 0. The van der Waals surface area contributed by atoms with E-state index < -0.39 is 0 Å². The second-order valence-corrected chi connectivity index (χ2v) is 20.6. The van der Waals surface area contributed by atoms with Crippen molar-refractivity contribution < 1.29 is 0 Å². The van der Waals surface area contributed by atoms with Crippen molar-refractivity contribution in [1.29, 1.82) is 0 Å². The Bertz CT molecular complexity index is 3300. The summed E-state index contributed by atoms with van der Waals surface area (Å²) in [7, 11) is 0. The molecule has 0 heteroatoms. The quantitative estimate of drug-likeness (QED) is 0.136. The Balaban J connectivity index is 0.903. The summed E-state index contributed by atoms with van der Waals surface area (Å²) in [5.41, 5.74) is 30.9. The van der Waals surface area contributed by atoms with E-state index in [1.807, 2.05) is 0 Å². The van der Waals surface area contributed by atoms with Crippen LogP contribution in [0.25, 0.3) is 77.9 Å². The van der Waals surface area contributed by atoms with E-state index in [4.69, 9.17) is 0 Å².